The highest BCUT2D eigenvalue weighted by Crippen LogP contribution is 2.30. The minimum atomic E-state index is -0.221. The summed E-state index contributed by atoms with van der Waals surface area (Å²) in [4.78, 5) is 23.3. The van der Waals surface area contributed by atoms with Crippen molar-refractivity contribution >= 4 is 41.5 Å². The second-order valence-corrected chi connectivity index (χ2v) is 5.54. The van der Waals surface area contributed by atoms with Crippen molar-refractivity contribution in [1.29, 1.82) is 0 Å². The van der Waals surface area contributed by atoms with Crippen LogP contribution in [0.1, 0.15) is 25.3 Å². The molecule has 0 aromatic heterocycles. The molecule has 1 aromatic rings. The third-order valence-electron chi connectivity index (χ3n) is 2.94. The molecule has 1 rings (SSSR count). The van der Waals surface area contributed by atoms with Gasteiger partial charge in [-0.2, -0.15) is 0 Å². The second kappa shape index (κ2) is 10.3. The van der Waals surface area contributed by atoms with Crippen LogP contribution in [-0.4, -0.2) is 31.5 Å². The molecule has 2 amide bonds. The van der Waals surface area contributed by atoms with Gasteiger partial charge in [0.2, 0.25) is 11.8 Å². The summed E-state index contributed by atoms with van der Waals surface area (Å²) in [6, 6.07) is 3.19. The first-order valence-electron chi connectivity index (χ1n) is 6.99. The largest absolute Gasteiger partial charge is 0.495 e. The third kappa shape index (κ3) is 7.54. The Kier molecular flexibility index (Phi) is 9.64. The molecule has 0 heterocycles. The molecule has 0 spiro atoms. The van der Waals surface area contributed by atoms with Crippen LogP contribution in [0.4, 0.5) is 5.69 Å². The van der Waals surface area contributed by atoms with Gasteiger partial charge in [-0.05, 0) is 25.5 Å². The number of nitrogens with two attached hydrogens (primary N) is 1. The summed E-state index contributed by atoms with van der Waals surface area (Å²) < 4.78 is 5.19. The van der Waals surface area contributed by atoms with Crippen LogP contribution in [0, 0.1) is 6.92 Å². The van der Waals surface area contributed by atoms with Gasteiger partial charge in [0, 0.05) is 36.5 Å². The van der Waals surface area contributed by atoms with Crippen molar-refractivity contribution < 1.29 is 14.3 Å². The molecule has 4 N–H and O–H groups in total. The third-order valence-corrected chi connectivity index (χ3v) is 3.34. The number of aryl methyl sites for hydroxylation is 1. The number of hydrogen-bond donors (Lipinski definition) is 3. The van der Waals surface area contributed by atoms with Crippen LogP contribution < -0.4 is 21.1 Å². The van der Waals surface area contributed by atoms with Crippen LogP contribution in [0.5, 0.6) is 5.75 Å². The maximum Gasteiger partial charge on any atom is 0.226 e. The fraction of sp³-hybridized carbons (Fsp3) is 0.467. The molecule has 23 heavy (non-hydrogen) atoms. The van der Waals surface area contributed by atoms with Gasteiger partial charge in [0.1, 0.15) is 5.75 Å². The number of anilines is 1. The Morgan fingerprint density at radius 3 is 2.57 bits per heavy atom. The van der Waals surface area contributed by atoms with Crippen LogP contribution in [-0.2, 0) is 9.59 Å². The van der Waals surface area contributed by atoms with Gasteiger partial charge in [-0.1, -0.05) is 11.6 Å². The number of halogens is 2. The lowest BCUT2D eigenvalue weighted by atomic mass is 10.2. The Bertz CT molecular complexity index is 551. The zero-order valence-electron chi connectivity index (χ0n) is 13.4. The Hall–Kier alpha value is -1.50. The fourth-order valence-electron chi connectivity index (χ4n) is 1.82. The monoisotopic (exact) mass is 363 g/mol. The highest BCUT2D eigenvalue weighted by atomic mass is 35.5. The van der Waals surface area contributed by atoms with E-state index in [1.807, 2.05) is 6.92 Å². The summed E-state index contributed by atoms with van der Waals surface area (Å²) in [6.45, 7) is 3.85. The minimum absolute atomic E-state index is 0. The van der Waals surface area contributed by atoms with Gasteiger partial charge >= 0.3 is 0 Å². The van der Waals surface area contributed by atoms with Gasteiger partial charge in [0.25, 0.3) is 0 Å². The van der Waals surface area contributed by atoms with Gasteiger partial charge in [0.15, 0.2) is 0 Å². The van der Waals surface area contributed by atoms with E-state index >= 15 is 0 Å². The number of carbonyl (C=O) groups excluding carboxylic acids is 2. The number of hydrogen-bond acceptors (Lipinski definition) is 4. The maximum absolute atomic E-state index is 11.9. The van der Waals surface area contributed by atoms with Crippen molar-refractivity contribution in [2.45, 2.75) is 32.7 Å². The van der Waals surface area contributed by atoms with Crippen LogP contribution in [0.15, 0.2) is 12.1 Å². The molecule has 0 bridgehead atoms. The van der Waals surface area contributed by atoms with Gasteiger partial charge in [-0.3, -0.25) is 9.59 Å². The predicted molar refractivity (Wildman–Crippen MR) is 94.5 cm³/mol. The molecule has 1 aromatic carbocycles. The highest BCUT2D eigenvalue weighted by Gasteiger charge is 2.11. The van der Waals surface area contributed by atoms with Crippen LogP contribution in [0.3, 0.4) is 0 Å². The van der Waals surface area contributed by atoms with Gasteiger partial charge < -0.3 is 21.1 Å². The van der Waals surface area contributed by atoms with E-state index in [1.54, 1.807) is 19.1 Å². The van der Waals surface area contributed by atoms with Gasteiger partial charge in [-0.15, -0.1) is 12.4 Å². The van der Waals surface area contributed by atoms with E-state index in [-0.39, 0.29) is 49.6 Å². The number of ether oxygens (including phenoxy) is 1. The topological polar surface area (TPSA) is 93.5 Å². The summed E-state index contributed by atoms with van der Waals surface area (Å²) in [5, 5.41) is 5.96. The Morgan fingerprint density at radius 2 is 2.00 bits per heavy atom. The van der Waals surface area contributed by atoms with Crippen molar-refractivity contribution in [2.24, 2.45) is 5.73 Å². The molecule has 1 atom stereocenters. The number of methoxy groups -OCH3 is 1. The highest BCUT2D eigenvalue weighted by molar-refractivity contribution is 6.31. The fourth-order valence-corrected chi connectivity index (χ4v) is 1.98. The van der Waals surface area contributed by atoms with Crippen LogP contribution in [0.2, 0.25) is 5.02 Å². The van der Waals surface area contributed by atoms with Gasteiger partial charge in [-0.25, -0.2) is 0 Å². The lowest BCUT2D eigenvalue weighted by molar-refractivity contribution is -0.121. The van der Waals surface area contributed by atoms with Crippen LogP contribution in [0.25, 0.3) is 0 Å². The summed E-state index contributed by atoms with van der Waals surface area (Å²) in [5.41, 5.74) is 6.91. The first-order valence-corrected chi connectivity index (χ1v) is 7.37. The van der Waals surface area contributed by atoms with Gasteiger partial charge in [0.05, 0.1) is 12.8 Å². The predicted octanol–water partition coefficient (Wildman–Crippen LogP) is 2.26. The molecule has 0 fully saturated rings. The molecule has 0 aliphatic rings. The first kappa shape index (κ1) is 21.5. The summed E-state index contributed by atoms with van der Waals surface area (Å²) in [5.74, 6) is 0.105. The number of nitrogens with one attached hydrogen (secondary N) is 2. The van der Waals surface area contributed by atoms with Crippen molar-refractivity contribution in [3.63, 3.8) is 0 Å². The smallest absolute Gasteiger partial charge is 0.226 e. The molecule has 0 saturated heterocycles. The van der Waals surface area contributed by atoms with Crippen molar-refractivity contribution in [3.05, 3.63) is 22.7 Å². The van der Waals surface area contributed by atoms with Crippen molar-refractivity contribution in [2.75, 3.05) is 19.0 Å². The van der Waals surface area contributed by atoms with Crippen molar-refractivity contribution in [1.82, 2.24) is 5.32 Å². The average molecular weight is 364 g/mol. The van der Waals surface area contributed by atoms with Crippen molar-refractivity contribution in [3.8, 4) is 5.75 Å². The molecule has 130 valence electrons. The zero-order valence-corrected chi connectivity index (χ0v) is 15.0. The quantitative estimate of drug-likeness (QED) is 0.692. The van der Waals surface area contributed by atoms with E-state index in [1.165, 1.54) is 7.11 Å². The summed E-state index contributed by atoms with van der Waals surface area (Å²) in [7, 11) is 1.50. The van der Waals surface area contributed by atoms with E-state index in [4.69, 9.17) is 22.1 Å². The molecule has 8 heteroatoms. The second-order valence-electron chi connectivity index (χ2n) is 5.13. The number of rotatable bonds is 7. The van der Waals surface area contributed by atoms with E-state index < -0.39 is 0 Å². The SMILES string of the molecule is COc1cc(Cl)c(C)cc1NC(=O)CCNC(=O)CC(C)N.Cl. The average Bonchev–Trinajstić information content (AvgIpc) is 2.41. The van der Waals surface area contributed by atoms with E-state index in [9.17, 15) is 9.59 Å². The zero-order chi connectivity index (χ0) is 16.7. The minimum Gasteiger partial charge on any atom is -0.495 e. The van der Waals surface area contributed by atoms with Crippen LogP contribution >= 0.6 is 24.0 Å². The molecular formula is C15H23Cl2N3O3. The number of amides is 2. The lowest BCUT2D eigenvalue weighted by Crippen LogP contribution is -2.32. The molecule has 0 aliphatic carbocycles. The molecule has 0 radical (unpaired) electrons. The standard InChI is InChI=1S/C15H22ClN3O3.ClH/c1-9-6-12(13(22-3)8-11(9)16)19-14(20)4-5-18-15(21)7-10(2)17;/h6,8,10H,4-5,7,17H2,1-3H3,(H,18,21)(H,19,20);1H. The molecule has 0 aliphatic heterocycles. The maximum atomic E-state index is 11.9. The Labute approximate surface area is 147 Å². The molecule has 6 nitrogen and oxygen atoms in total. The van der Waals surface area contributed by atoms with E-state index in [0.717, 1.165) is 5.56 Å². The normalized spacial score (nSPS) is 11.2. The Morgan fingerprint density at radius 1 is 1.35 bits per heavy atom. The Balaban J connectivity index is 0.00000484. The van der Waals surface area contributed by atoms with E-state index in [0.29, 0.717) is 16.5 Å². The van der Waals surface area contributed by atoms with E-state index in [2.05, 4.69) is 10.6 Å². The number of benzene rings is 1. The summed E-state index contributed by atoms with van der Waals surface area (Å²) >= 11 is 6.01. The molecular weight excluding hydrogens is 341 g/mol. The molecule has 0 saturated carbocycles. The summed E-state index contributed by atoms with van der Waals surface area (Å²) in [6.07, 6.45) is 0.404. The molecule has 1 unspecified atom stereocenters. The first-order chi connectivity index (χ1) is 10.3. The number of carbonyl (C=O) groups is 2. The lowest BCUT2D eigenvalue weighted by Gasteiger charge is -2.12.